The Morgan fingerprint density at radius 2 is 2.07 bits per heavy atom. The van der Waals surface area contributed by atoms with Gasteiger partial charge in [0.25, 0.3) is 0 Å². The van der Waals surface area contributed by atoms with Gasteiger partial charge in [0.05, 0.1) is 18.9 Å². The van der Waals surface area contributed by atoms with Crippen LogP contribution in [0.25, 0.3) is 11.3 Å². The largest absolute Gasteiger partial charge is 0.379 e. The van der Waals surface area contributed by atoms with E-state index < -0.39 is 0 Å². The normalized spacial score (nSPS) is 14.2. The number of rotatable bonds is 6. The summed E-state index contributed by atoms with van der Waals surface area (Å²) in [6.07, 6.45) is 1.25. The molecule has 1 aromatic heterocycles. The van der Waals surface area contributed by atoms with Gasteiger partial charge in [0, 0.05) is 30.9 Å². The lowest BCUT2D eigenvalue weighted by Crippen LogP contribution is -2.35. The molecule has 0 aliphatic carbocycles. The average molecular weight is 412 g/mol. The molecule has 2 heterocycles. The predicted octanol–water partition coefficient (Wildman–Crippen LogP) is 2.67. The maximum atomic E-state index is 11.7. The summed E-state index contributed by atoms with van der Waals surface area (Å²) in [6, 6.07) is 9.83. The molecule has 1 saturated heterocycles. The molecule has 152 valence electrons. The Hall–Kier alpha value is -2.81. The minimum atomic E-state index is -0.255. The summed E-state index contributed by atoms with van der Waals surface area (Å²) in [5.41, 5.74) is 10.1. The molecule has 3 rings (SSSR count). The summed E-state index contributed by atoms with van der Waals surface area (Å²) in [4.78, 5) is 18.7. The van der Waals surface area contributed by atoms with Crippen LogP contribution in [-0.4, -0.2) is 47.2 Å². The van der Waals surface area contributed by atoms with E-state index in [1.807, 2.05) is 37.3 Å². The van der Waals surface area contributed by atoms with E-state index in [2.05, 4.69) is 27.1 Å². The monoisotopic (exact) mass is 411 g/mol. The van der Waals surface area contributed by atoms with Crippen LogP contribution in [0.4, 0.5) is 11.5 Å². The van der Waals surface area contributed by atoms with Crippen LogP contribution in [0.3, 0.4) is 0 Å². The highest BCUT2D eigenvalue weighted by Gasteiger charge is 2.14. The second-order valence-corrected chi connectivity index (χ2v) is 7.29. The minimum Gasteiger partial charge on any atom is -0.379 e. The van der Waals surface area contributed by atoms with E-state index in [4.69, 9.17) is 22.7 Å². The van der Waals surface area contributed by atoms with Gasteiger partial charge in [-0.3, -0.25) is 9.69 Å². The van der Waals surface area contributed by atoms with E-state index in [9.17, 15) is 4.79 Å². The Bertz CT molecular complexity index is 925. The number of amides is 1. The molecule has 7 nitrogen and oxygen atoms in total. The van der Waals surface area contributed by atoms with Gasteiger partial charge >= 0.3 is 0 Å². The van der Waals surface area contributed by atoms with Gasteiger partial charge < -0.3 is 21.1 Å². The van der Waals surface area contributed by atoms with Crippen molar-refractivity contribution in [2.75, 3.05) is 36.9 Å². The number of nitrogens with two attached hydrogens (primary N) is 1. The van der Waals surface area contributed by atoms with Crippen molar-refractivity contribution in [3.8, 4) is 11.3 Å². The standard InChI is InChI=1S/C21H25N5O2S/c1-3-20(27)24-17-12-16(5-4-14(17)2)18-10-15(11-19(23-18)25-21(22)29)13-26-6-8-28-9-7-26/h3-5,10-12H,1,6-9,13H2,2H3,(H,24,27)(H3,22,23,25,29). The number of hydrogen-bond acceptors (Lipinski definition) is 5. The number of aromatic nitrogens is 1. The topological polar surface area (TPSA) is 92.5 Å². The number of carbonyl (C=O) groups excluding carboxylic acids is 1. The summed E-state index contributed by atoms with van der Waals surface area (Å²) in [5, 5.41) is 5.93. The van der Waals surface area contributed by atoms with E-state index >= 15 is 0 Å². The van der Waals surface area contributed by atoms with Gasteiger partial charge in [0.2, 0.25) is 5.91 Å². The molecule has 1 aliphatic heterocycles. The number of aryl methyl sites for hydroxylation is 1. The molecule has 1 amide bonds. The number of pyridine rings is 1. The smallest absolute Gasteiger partial charge is 0.247 e. The summed E-state index contributed by atoms with van der Waals surface area (Å²) >= 11 is 4.98. The van der Waals surface area contributed by atoms with Crippen molar-refractivity contribution in [3.63, 3.8) is 0 Å². The predicted molar refractivity (Wildman–Crippen MR) is 120 cm³/mol. The molecule has 0 unspecified atom stereocenters. The quantitative estimate of drug-likeness (QED) is 0.497. The molecule has 8 heteroatoms. The molecular formula is C21H25N5O2S. The molecule has 0 radical (unpaired) electrons. The van der Waals surface area contributed by atoms with E-state index in [-0.39, 0.29) is 11.0 Å². The Balaban J connectivity index is 1.95. The Kier molecular flexibility index (Phi) is 6.92. The summed E-state index contributed by atoms with van der Waals surface area (Å²) in [6.45, 7) is 9.46. The summed E-state index contributed by atoms with van der Waals surface area (Å²) in [7, 11) is 0. The molecule has 0 saturated carbocycles. The number of nitrogens with one attached hydrogen (secondary N) is 2. The van der Waals surface area contributed by atoms with Gasteiger partial charge in [0.1, 0.15) is 5.82 Å². The number of thiocarbonyl (C=S) groups is 1. The maximum Gasteiger partial charge on any atom is 0.247 e. The third-order valence-electron chi connectivity index (χ3n) is 4.62. The third-order valence-corrected chi connectivity index (χ3v) is 4.72. The highest BCUT2D eigenvalue weighted by Crippen LogP contribution is 2.27. The second kappa shape index (κ2) is 9.60. The average Bonchev–Trinajstić information content (AvgIpc) is 2.69. The fraction of sp³-hybridized carbons (Fsp3) is 0.286. The van der Waals surface area contributed by atoms with Crippen molar-refractivity contribution < 1.29 is 9.53 Å². The van der Waals surface area contributed by atoms with Crippen LogP contribution in [0.1, 0.15) is 11.1 Å². The van der Waals surface area contributed by atoms with Gasteiger partial charge in [-0.25, -0.2) is 4.98 Å². The van der Waals surface area contributed by atoms with Crippen LogP contribution in [0, 0.1) is 6.92 Å². The summed E-state index contributed by atoms with van der Waals surface area (Å²) < 4.78 is 5.43. The van der Waals surface area contributed by atoms with E-state index in [1.54, 1.807) is 0 Å². The lowest BCUT2D eigenvalue weighted by molar-refractivity contribution is -0.111. The third kappa shape index (κ3) is 5.83. The van der Waals surface area contributed by atoms with E-state index in [0.29, 0.717) is 5.82 Å². The maximum absolute atomic E-state index is 11.7. The molecule has 2 aromatic rings. The molecule has 0 bridgehead atoms. The fourth-order valence-electron chi connectivity index (χ4n) is 3.13. The first-order valence-corrected chi connectivity index (χ1v) is 9.77. The molecule has 0 spiro atoms. The van der Waals surface area contributed by atoms with Crippen molar-refractivity contribution in [1.82, 2.24) is 9.88 Å². The fourth-order valence-corrected chi connectivity index (χ4v) is 3.24. The Labute approximate surface area is 175 Å². The van der Waals surface area contributed by atoms with Crippen molar-refractivity contribution >= 4 is 34.7 Å². The van der Waals surface area contributed by atoms with Gasteiger partial charge in [-0.05, 0) is 54.5 Å². The van der Waals surface area contributed by atoms with E-state index in [1.165, 1.54) is 6.08 Å². The van der Waals surface area contributed by atoms with Gasteiger partial charge in [0.15, 0.2) is 5.11 Å². The van der Waals surface area contributed by atoms with Crippen LogP contribution < -0.4 is 16.4 Å². The number of carbonyl (C=O) groups is 1. The molecule has 29 heavy (non-hydrogen) atoms. The van der Waals surface area contributed by atoms with Gasteiger partial charge in [-0.2, -0.15) is 0 Å². The molecule has 1 aromatic carbocycles. The lowest BCUT2D eigenvalue weighted by atomic mass is 10.0. The van der Waals surface area contributed by atoms with Crippen LogP contribution in [0.5, 0.6) is 0 Å². The number of benzene rings is 1. The zero-order chi connectivity index (χ0) is 20.8. The van der Waals surface area contributed by atoms with Crippen LogP contribution in [-0.2, 0) is 16.1 Å². The van der Waals surface area contributed by atoms with Crippen molar-refractivity contribution in [1.29, 1.82) is 0 Å². The highest BCUT2D eigenvalue weighted by atomic mass is 32.1. The van der Waals surface area contributed by atoms with E-state index in [0.717, 1.165) is 60.9 Å². The first kappa shape index (κ1) is 20.9. The summed E-state index contributed by atoms with van der Waals surface area (Å²) in [5.74, 6) is 0.339. The first-order valence-electron chi connectivity index (χ1n) is 9.36. The zero-order valence-electron chi connectivity index (χ0n) is 16.4. The number of anilines is 2. The van der Waals surface area contributed by atoms with Crippen molar-refractivity contribution in [2.24, 2.45) is 5.73 Å². The highest BCUT2D eigenvalue weighted by molar-refractivity contribution is 7.80. The van der Waals surface area contributed by atoms with Gasteiger partial charge in [-0.1, -0.05) is 18.7 Å². The van der Waals surface area contributed by atoms with Crippen molar-refractivity contribution in [2.45, 2.75) is 13.5 Å². The first-order chi connectivity index (χ1) is 13.9. The Morgan fingerprint density at radius 1 is 1.31 bits per heavy atom. The Morgan fingerprint density at radius 3 is 2.76 bits per heavy atom. The lowest BCUT2D eigenvalue weighted by Gasteiger charge is -2.26. The van der Waals surface area contributed by atoms with Crippen molar-refractivity contribution in [3.05, 3.63) is 54.1 Å². The molecule has 4 N–H and O–H groups in total. The minimum absolute atomic E-state index is 0.162. The number of hydrogen-bond donors (Lipinski definition) is 3. The second-order valence-electron chi connectivity index (χ2n) is 6.85. The van der Waals surface area contributed by atoms with Crippen LogP contribution in [0.2, 0.25) is 0 Å². The number of ether oxygens (including phenoxy) is 1. The number of morpholine rings is 1. The SMILES string of the molecule is C=CC(=O)Nc1cc(-c2cc(CN3CCOCC3)cc(NC(N)=S)n2)ccc1C. The van der Waals surface area contributed by atoms with Crippen LogP contribution >= 0.6 is 12.2 Å². The number of nitrogens with zero attached hydrogens (tertiary/aromatic N) is 2. The van der Waals surface area contributed by atoms with Gasteiger partial charge in [-0.15, -0.1) is 0 Å². The zero-order valence-corrected chi connectivity index (χ0v) is 17.2. The molecule has 1 fully saturated rings. The molecule has 0 atom stereocenters. The molecule has 1 aliphatic rings. The molecular weight excluding hydrogens is 386 g/mol. The van der Waals surface area contributed by atoms with Crippen LogP contribution in [0.15, 0.2) is 43.0 Å².